The lowest BCUT2D eigenvalue weighted by Crippen LogP contribution is -2.11. The van der Waals surface area contributed by atoms with E-state index in [4.69, 9.17) is 32.5 Å². The zero-order valence-electron chi connectivity index (χ0n) is 14.9. The molecule has 1 aromatic carbocycles. The average Bonchev–Trinajstić information content (AvgIpc) is 3.14. The maximum Gasteiger partial charge on any atom is 0.145 e. The van der Waals surface area contributed by atoms with E-state index >= 15 is 0 Å². The highest BCUT2D eigenvalue weighted by Gasteiger charge is 2.42. The molecular weight excluding hydrogens is 385 g/mol. The summed E-state index contributed by atoms with van der Waals surface area (Å²) in [5, 5.41) is 5.44. The molecule has 142 valence electrons. The number of hydrogen-bond acceptors (Lipinski definition) is 4. The van der Waals surface area contributed by atoms with E-state index in [9.17, 15) is 4.79 Å². The molecule has 2 atom stereocenters. The van der Waals surface area contributed by atoms with Gasteiger partial charge in [0, 0.05) is 29.9 Å². The highest BCUT2D eigenvalue weighted by atomic mass is 35.5. The van der Waals surface area contributed by atoms with Gasteiger partial charge in [-0.3, -0.25) is 4.79 Å². The number of ketones is 1. The van der Waals surface area contributed by atoms with E-state index < -0.39 is 0 Å². The SMILES string of the molecule is O=C1CC2CC(OCc3c(-c4c(Cl)cccc4Cl)noc3C3CC3)CC2C1. The number of aromatic nitrogens is 1. The second-order valence-corrected chi connectivity index (χ2v) is 8.93. The van der Waals surface area contributed by atoms with E-state index in [-0.39, 0.29) is 6.10 Å². The minimum atomic E-state index is 0.199. The van der Waals surface area contributed by atoms with Crippen LogP contribution in [-0.4, -0.2) is 17.0 Å². The van der Waals surface area contributed by atoms with Crippen LogP contribution in [0, 0.1) is 11.8 Å². The Hall–Kier alpha value is -1.36. The van der Waals surface area contributed by atoms with Gasteiger partial charge in [-0.05, 0) is 49.7 Å². The van der Waals surface area contributed by atoms with Crippen molar-refractivity contribution < 1.29 is 14.1 Å². The first-order valence-electron chi connectivity index (χ1n) is 9.66. The highest BCUT2D eigenvalue weighted by molar-refractivity contribution is 6.39. The normalized spacial score (nSPS) is 27.3. The largest absolute Gasteiger partial charge is 0.373 e. The van der Waals surface area contributed by atoms with E-state index in [1.807, 2.05) is 18.2 Å². The predicted octanol–water partition coefficient (Wildman–Crippen LogP) is 5.80. The second kappa shape index (κ2) is 6.91. The van der Waals surface area contributed by atoms with Gasteiger partial charge in [-0.15, -0.1) is 0 Å². The maximum absolute atomic E-state index is 11.6. The van der Waals surface area contributed by atoms with Crippen LogP contribution in [0.1, 0.15) is 55.8 Å². The summed E-state index contributed by atoms with van der Waals surface area (Å²) in [4.78, 5) is 11.6. The first-order valence-corrected chi connectivity index (χ1v) is 10.4. The van der Waals surface area contributed by atoms with Crippen molar-refractivity contribution in [3.05, 3.63) is 39.6 Å². The molecule has 2 aromatic rings. The van der Waals surface area contributed by atoms with Crippen molar-refractivity contribution >= 4 is 29.0 Å². The number of halogens is 2. The number of rotatable bonds is 5. The first-order chi connectivity index (χ1) is 13.1. The molecule has 4 nitrogen and oxygen atoms in total. The van der Waals surface area contributed by atoms with Crippen LogP contribution < -0.4 is 0 Å². The fraction of sp³-hybridized carbons (Fsp3) is 0.524. The number of hydrogen-bond donors (Lipinski definition) is 0. The molecule has 27 heavy (non-hydrogen) atoms. The van der Waals surface area contributed by atoms with Gasteiger partial charge < -0.3 is 9.26 Å². The van der Waals surface area contributed by atoms with Crippen LogP contribution in [0.4, 0.5) is 0 Å². The lowest BCUT2D eigenvalue weighted by atomic mass is 10.0. The van der Waals surface area contributed by atoms with Crippen LogP contribution in [0.15, 0.2) is 22.7 Å². The fourth-order valence-electron chi connectivity index (χ4n) is 4.71. The van der Waals surface area contributed by atoms with E-state index in [2.05, 4.69) is 5.16 Å². The summed E-state index contributed by atoms with van der Waals surface area (Å²) in [6.07, 6.45) is 5.84. The molecule has 0 aliphatic heterocycles. The van der Waals surface area contributed by atoms with Crippen LogP contribution in [0.3, 0.4) is 0 Å². The lowest BCUT2D eigenvalue weighted by Gasteiger charge is -2.14. The Balaban J connectivity index is 1.39. The van der Waals surface area contributed by atoms with Gasteiger partial charge in [-0.1, -0.05) is 34.4 Å². The van der Waals surface area contributed by atoms with Crippen molar-refractivity contribution in [3.63, 3.8) is 0 Å². The molecule has 0 saturated heterocycles. The quantitative estimate of drug-likeness (QED) is 0.630. The van der Waals surface area contributed by atoms with E-state index in [1.54, 1.807) is 0 Å². The predicted molar refractivity (Wildman–Crippen MR) is 103 cm³/mol. The van der Waals surface area contributed by atoms with Crippen molar-refractivity contribution in [2.24, 2.45) is 11.8 Å². The Morgan fingerprint density at radius 3 is 2.41 bits per heavy atom. The summed E-state index contributed by atoms with van der Waals surface area (Å²) in [5.41, 5.74) is 2.38. The Bertz CT molecular complexity index is 853. The lowest BCUT2D eigenvalue weighted by molar-refractivity contribution is -0.118. The zero-order valence-corrected chi connectivity index (χ0v) is 16.4. The van der Waals surface area contributed by atoms with Crippen LogP contribution in [0.5, 0.6) is 0 Å². The van der Waals surface area contributed by atoms with Gasteiger partial charge in [-0.25, -0.2) is 0 Å². The zero-order chi connectivity index (χ0) is 18.5. The van der Waals surface area contributed by atoms with Crippen LogP contribution >= 0.6 is 23.2 Å². The molecule has 0 bridgehead atoms. The topological polar surface area (TPSA) is 52.3 Å². The third-order valence-corrected chi connectivity index (χ3v) is 6.84. The maximum atomic E-state index is 11.6. The third kappa shape index (κ3) is 3.32. The minimum Gasteiger partial charge on any atom is -0.373 e. The van der Waals surface area contributed by atoms with Gasteiger partial charge in [-0.2, -0.15) is 0 Å². The average molecular weight is 406 g/mol. The smallest absolute Gasteiger partial charge is 0.145 e. The van der Waals surface area contributed by atoms with Crippen molar-refractivity contribution in [2.75, 3.05) is 0 Å². The monoisotopic (exact) mass is 405 g/mol. The molecule has 1 aromatic heterocycles. The number of Topliss-reactive ketones (excluding diaryl/α,β-unsaturated/α-hetero) is 1. The molecule has 3 aliphatic carbocycles. The number of fused-ring (bicyclic) bond motifs is 1. The molecule has 0 N–H and O–H groups in total. The summed E-state index contributed by atoms with van der Waals surface area (Å²) >= 11 is 12.8. The molecule has 2 unspecified atom stereocenters. The molecular formula is C21H21Cl2NO3. The molecule has 1 heterocycles. The number of carbonyl (C=O) groups is 1. The van der Waals surface area contributed by atoms with Gasteiger partial charge in [0.2, 0.25) is 0 Å². The summed E-state index contributed by atoms with van der Waals surface area (Å²) in [6.45, 7) is 0.449. The molecule has 5 rings (SSSR count). The third-order valence-electron chi connectivity index (χ3n) is 6.21. The van der Waals surface area contributed by atoms with Crippen LogP contribution in [0.2, 0.25) is 10.0 Å². The Kier molecular flexibility index (Phi) is 4.53. The first kappa shape index (κ1) is 17.7. The molecule has 0 radical (unpaired) electrons. The number of nitrogens with zero attached hydrogens (tertiary/aromatic N) is 1. The molecule has 3 fully saturated rings. The Labute approximate surface area is 168 Å². The number of ether oxygens (including phenoxy) is 1. The van der Waals surface area contributed by atoms with E-state index in [0.717, 1.165) is 49.8 Å². The summed E-state index contributed by atoms with van der Waals surface area (Å²) in [7, 11) is 0. The van der Waals surface area contributed by atoms with Gasteiger partial charge in [0.05, 0.1) is 22.8 Å². The summed E-state index contributed by atoms with van der Waals surface area (Å²) in [6, 6.07) is 5.45. The summed E-state index contributed by atoms with van der Waals surface area (Å²) < 4.78 is 12.0. The van der Waals surface area contributed by atoms with Gasteiger partial charge in [0.25, 0.3) is 0 Å². The Morgan fingerprint density at radius 2 is 1.78 bits per heavy atom. The van der Waals surface area contributed by atoms with Crippen molar-refractivity contribution in [2.45, 2.75) is 57.2 Å². The minimum absolute atomic E-state index is 0.199. The molecule has 3 aliphatic rings. The molecule has 6 heteroatoms. The van der Waals surface area contributed by atoms with Crippen molar-refractivity contribution in [1.82, 2.24) is 5.16 Å². The second-order valence-electron chi connectivity index (χ2n) is 8.12. The highest BCUT2D eigenvalue weighted by Crippen LogP contribution is 2.47. The van der Waals surface area contributed by atoms with Crippen LogP contribution in [0.25, 0.3) is 11.3 Å². The van der Waals surface area contributed by atoms with Crippen molar-refractivity contribution in [1.29, 1.82) is 0 Å². The number of benzene rings is 1. The van der Waals surface area contributed by atoms with E-state index in [0.29, 0.717) is 51.4 Å². The fourth-order valence-corrected chi connectivity index (χ4v) is 5.29. The molecule has 0 spiro atoms. The van der Waals surface area contributed by atoms with Gasteiger partial charge >= 0.3 is 0 Å². The summed E-state index contributed by atoms with van der Waals surface area (Å²) in [5.74, 6) is 2.76. The molecule has 3 saturated carbocycles. The van der Waals surface area contributed by atoms with Gasteiger partial charge in [0.1, 0.15) is 17.2 Å². The molecule has 0 amide bonds. The van der Waals surface area contributed by atoms with Crippen LogP contribution in [-0.2, 0) is 16.1 Å². The van der Waals surface area contributed by atoms with E-state index in [1.165, 1.54) is 0 Å². The number of carbonyl (C=O) groups excluding carboxylic acids is 1. The standard InChI is InChI=1S/C21H21Cl2NO3/c22-17-2-1-3-18(23)19(17)20-16(21(27-24-20)11-4-5-11)10-26-15-8-12-6-14(25)7-13(12)9-15/h1-3,11-13,15H,4-10H2. The van der Waals surface area contributed by atoms with Gasteiger partial charge in [0.15, 0.2) is 0 Å². The Morgan fingerprint density at radius 1 is 1.11 bits per heavy atom. The van der Waals surface area contributed by atoms with Crippen molar-refractivity contribution in [3.8, 4) is 11.3 Å².